The van der Waals surface area contributed by atoms with Crippen molar-refractivity contribution >= 4 is 5.91 Å². The number of hydrogen-bond donors (Lipinski definition) is 1. The molecule has 1 amide bonds. The van der Waals surface area contributed by atoms with Crippen molar-refractivity contribution < 1.29 is 9.53 Å². The van der Waals surface area contributed by atoms with Gasteiger partial charge >= 0.3 is 0 Å². The predicted octanol–water partition coefficient (Wildman–Crippen LogP) is 1.01. The highest BCUT2D eigenvalue weighted by Gasteiger charge is 2.25. The highest BCUT2D eigenvalue weighted by Crippen LogP contribution is 2.10. The molecule has 0 aromatic rings. The lowest BCUT2D eigenvalue weighted by Gasteiger charge is -2.35. The molecular weight excluding hydrogens is 204 g/mol. The summed E-state index contributed by atoms with van der Waals surface area (Å²) in [6.07, 6.45) is 4.01. The minimum Gasteiger partial charge on any atom is -0.377 e. The second-order valence-electron chi connectivity index (χ2n) is 4.33. The van der Waals surface area contributed by atoms with Gasteiger partial charge in [0, 0.05) is 19.5 Å². The van der Waals surface area contributed by atoms with Crippen molar-refractivity contribution in [3.05, 3.63) is 0 Å². The fourth-order valence-electron chi connectivity index (χ4n) is 2.06. The van der Waals surface area contributed by atoms with E-state index in [2.05, 4.69) is 12.2 Å². The van der Waals surface area contributed by atoms with Crippen molar-refractivity contribution in [2.45, 2.75) is 38.6 Å². The lowest BCUT2D eigenvalue weighted by Crippen LogP contribution is -2.52. The van der Waals surface area contributed by atoms with Crippen LogP contribution in [0.15, 0.2) is 0 Å². The quantitative estimate of drug-likeness (QED) is 0.690. The van der Waals surface area contributed by atoms with Crippen LogP contribution in [0.1, 0.15) is 32.6 Å². The maximum atomic E-state index is 12.0. The lowest BCUT2D eigenvalue weighted by atomic mass is 10.1. The summed E-state index contributed by atoms with van der Waals surface area (Å²) in [5.41, 5.74) is 0. The predicted molar refractivity (Wildman–Crippen MR) is 64.4 cm³/mol. The molecule has 16 heavy (non-hydrogen) atoms. The van der Waals surface area contributed by atoms with Gasteiger partial charge in [-0.05, 0) is 13.5 Å². The Morgan fingerprint density at radius 2 is 2.31 bits per heavy atom. The minimum absolute atomic E-state index is 0.216. The average molecular weight is 228 g/mol. The van der Waals surface area contributed by atoms with Gasteiger partial charge in [-0.3, -0.25) is 4.79 Å². The first-order chi connectivity index (χ1) is 7.79. The van der Waals surface area contributed by atoms with E-state index >= 15 is 0 Å². The highest BCUT2D eigenvalue weighted by atomic mass is 16.5. The van der Waals surface area contributed by atoms with E-state index in [0.29, 0.717) is 19.6 Å². The third-order valence-electron chi connectivity index (χ3n) is 2.98. The standard InChI is InChI=1S/C12H24N2O2/c1-3-4-5-6-12(15)14-7-8-16-10-11(14)9-13-2/h11,13H,3-10H2,1-2H3. The van der Waals surface area contributed by atoms with Crippen LogP contribution in [-0.4, -0.2) is 50.2 Å². The van der Waals surface area contributed by atoms with Crippen LogP contribution in [0.5, 0.6) is 0 Å². The molecule has 0 aromatic heterocycles. The van der Waals surface area contributed by atoms with Gasteiger partial charge in [-0.1, -0.05) is 19.8 Å². The van der Waals surface area contributed by atoms with Crippen molar-refractivity contribution in [2.75, 3.05) is 33.4 Å². The molecule has 0 aliphatic carbocycles. The Labute approximate surface area is 98.3 Å². The van der Waals surface area contributed by atoms with E-state index in [9.17, 15) is 4.79 Å². The molecule has 0 aromatic carbocycles. The van der Waals surface area contributed by atoms with Crippen LogP contribution in [0.3, 0.4) is 0 Å². The number of nitrogens with one attached hydrogen (secondary N) is 1. The summed E-state index contributed by atoms with van der Waals surface area (Å²) in [6, 6.07) is 0.216. The van der Waals surface area contributed by atoms with Gasteiger partial charge in [0.15, 0.2) is 0 Å². The second-order valence-corrected chi connectivity index (χ2v) is 4.33. The van der Waals surface area contributed by atoms with E-state index in [1.54, 1.807) is 0 Å². The molecule has 1 rings (SSSR count). The van der Waals surface area contributed by atoms with Gasteiger partial charge < -0.3 is 15.0 Å². The zero-order valence-corrected chi connectivity index (χ0v) is 10.5. The number of morpholine rings is 1. The molecule has 1 N–H and O–H groups in total. The fraction of sp³-hybridized carbons (Fsp3) is 0.917. The highest BCUT2D eigenvalue weighted by molar-refractivity contribution is 5.76. The first kappa shape index (κ1) is 13.5. The molecule has 1 saturated heterocycles. The van der Waals surface area contributed by atoms with Crippen LogP contribution in [0, 0.1) is 0 Å². The van der Waals surface area contributed by atoms with Crippen molar-refractivity contribution in [1.29, 1.82) is 0 Å². The van der Waals surface area contributed by atoms with Gasteiger partial charge in [0.2, 0.25) is 5.91 Å². The molecule has 4 nitrogen and oxygen atoms in total. The van der Waals surface area contributed by atoms with Gasteiger partial charge in [0.25, 0.3) is 0 Å². The summed E-state index contributed by atoms with van der Waals surface area (Å²) in [4.78, 5) is 14.0. The molecule has 1 aliphatic rings. The van der Waals surface area contributed by atoms with Crippen molar-refractivity contribution in [3.63, 3.8) is 0 Å². The van der Waals surface area contributed by atoms with Crippen molar-refractivity contribution in [3.8, 4) is 0 Å². The largest absolute Gasteiger partial charge is 0.377 e. The van der Waals surface area contributed by atoms with Crippen LogP contribution in [0.2, 0.25) is 0 Å². The molecule has 0 bridgehead atoms. The van der Waals surface area contributed by atoms with Gasteiger partial charge in [-0.2, -0.15) is 0 Å². The Bertz CT molecular complexity index is 207. The normalized spacial score (nSPS) is 21.1. The Morgan fingerprint density at radius 1 is 1.50 bits per heavy atom. The lowest BCUT2D eigenvalue weighted by molar-refractivity contribution is -0.139. The number of ether oxygens (including phenoxy) is 1. The van der Waals surface area contributed by atoms with E-state index in [4.69, 9.17) is 4.74 Å². The van der Waals surface area contributed by atoms with Crippen LogP contribution >= 0.6 is 0 Å². The van der Waals surface area contributed by atoms with Crippen LogP contribution in [0.25, 0.3) is 0 Å². The summed E-state index contributed by atoms with van der Waals surface area (Å²) in [5, 5.41) is 3.12. The molecule has 0 radical (unpaired) electrons. The van der Waals surface area contributed by atoms with E-state index in [1.165, 1.54) is 0 Å². The number of nitrogens with zero attached hydrogens (tertiary/aromatic N) is 1. The molecule has 94 valence electrons. The zero-order valence-electron chi connectivity index (χ0n) is 10.5. The van der Waals surface area contributed by atoms with Gasteiger partial charge in [-0.15, -0.1) is 0 Å². The molecule has 1 fully saturated rings. The van der Waals surface area contributed by atoms with Crippen LogP contribution in [-0.2, 0) is 9.53 Å². The van der Waals surface area contributed by atoms with Gasteiger partial charge in [0.05, 0.1) is 19.3 Å². The van der Waals surface area contributed by atoms with E-state index < -0.39 is 0 Å². The smallest absolute Gasteiger partial charge is 0.223 e. The summed E-state index contributed by atoms with van der Waals surface area (Å²) in [7, 11) is 1.91. The fourth-order valence-corrected chi connectivity index (χ4v) is 2.06. The summed E-state index contributed by atoms with van der Waals surface area (Å²) in [6.45, 7) is 5.07. The third kappa shape index (κ3) is 4.10. The molecular formula is C12H24N2O2. The summed E-state index contributed by atoms with van der Waals surface area (Å²) < 4.78 is 5.41. The number of unbranched alkanes of at least 4 members (excludes halogenated alkanes) is 2. The van der Waals surface area contributed by atoms with Crippen LogP contribution in [0.4, 0.5) is 0 Å². The number of likely N-dealkylation sites (N-methyl/N-ethyl adjacent to an activating group) is 1. The first-order valence-electron chi connectivity index (χ1n) is 6.31. The third-order valence-corrected chi connectivity index (χ3v) is 2.98. The second kappa shape index (κ2) is 7.63. The van der Waals surface area contributed by atoms with Crippen molar-refractivity contribution in [1.82, 2.24) is 10.2 Å². The maximum absolute atomic E-state index is 12.0. The maximum Gasteiger partial charge on any atom is 0.223 e. The van der Waals surface area contributed by atoms with E-state index in [0.717, 1.165) is 32.4 Å². The average Bonchev–Trinajstić information content (AvgIpc) is 2.30. The topological polar surface area (TPSA) is 41.6 Å². The Kier molecular flexibility index (Phi) is 6.42. The van der Waals surface area contributed by atoms with E-state index in [-0.39, 0.29) is 11.9 Å². The number of rotatable bonds is 6. The number of amides is 1. The molecule has 4 heteroatoms. The van der Waals surface area contributed by atoms with Crippen molar-refractivity contribution in [2.24, 2.45) is 0 Å². The molecule has 1 heterocycles. The summed E-state index contributed by atoms with van der Waals surface area (Å²) >= 11 is 0. The number of carbonyl (C=O) groups is 1. The first-order valence-corrected chi connectivity index (χ1v) is 6.31. The molecule has 1 atom stereocenters. The van der Waals surface area contributed by atoms with Gasteiger partial charge in [-0.25, -0.2) is 0 Å². The van der Waals surface area contributed by atoms with Crippen LogP contribution < -0.4 is 5.32 Å². The molecule has 0 spiro atoms. The summed E-state index contributed by atoms with van der Waals surface area (Å²) in [5.74, 6) is 0.289. The van der Waals surface area contributed by atoms with E-state index in [1.807, 2.05) is 11.9 Å². The number of hydrogen-bond acceptors (Lipinski definition) is 3. The monoisotopic (exact) mass is 228 g/mol. The molecule has 1 unspecified atom stereocenters. The Morgan fingerprint density at radius 3 is 3.00 bits per heavy atom. The SMILES string of the molecule is CCCCCC(=O)N1CCOCC1CNC. The zero-order chi connectivity index (χ0) is 11.8. The molecule has 1 aliphatic heterocycles. The Balaban J connectivity index is 2.37. The van der Waals surface area contributed by atoms with Gasteiger partial charge in [0.1, 0.15) is 0 Å². The molecule has 0 saturated carbocycles. The Hall–Kier alpha value is -0.610. The minimum atomic E-state index is 0.216. The number of carbonyl (C=O) groups excluding carboxylic acids is 1.